The Hall–Kier alpha value is -1.15. The van der Waals surface area contributed by atoms with E-state index in [0.29, 0.717) is 10.0 Å². The summed E-state index contributed by atoms with van der Waals surface area (Å²) in [6, 6.07) is 8.14. The predicted octanol–water partition coefficient (Wildman–Crippen LogP) is 3.50. The highest BCUT2D eigenvalue weighted by atomic mass is 79.9. The van der Waals surface area contributed by atoms with Gasteiger partial charge in [-0.2, -0.15) is 0 Å². The molecule has 0 atom stereocenters. The summed E-state index contributed by atoms with van der Waals surface area (Å²) in [5, 5.41) is 0.245. The molecule has 0 amide bonds. The molecule has 0 aliphatic carbocycles. The Morgan fingerprint density at radius 2 is 1.95 bits per heavy atom. The molecule has 2 aromatic carbocycles. The molecular weight excluding hydrogens is 383 g/mol. The first-order valence-electron chi connectivity index (χ1n) is 5.80. The van der Waals surface area contributed by atoms with Gasteiger partial charge >= 0.3 is 0 Å². The largest absolute Gasteiger partial charge is 0.326 e. The van der Waals surface area contributed by atoms with Crippen LogP contribution in [0.15, 0.2) is 45.8 Å². The highest BCUT2D eigenvalue weighted by Gasteiger charge is 2.17. The first kappa shape index (κ1) is 16.2. The molecule has 3 N–H and O–H groups in total. The number of anilines is 1. The van der Waals surface area contributed by atoms with Gasteiger partial charge in [0.1, 0.15) is 5.82 Å². The number of hydrogen-bond donors (Lipinski definition) is 2. The Morgan fingerprint density at radius 3 is 2.57 bits per heavy atom. The second kappa shape index (κ2) is 6.31. The minimum absolute atomic E-state index is 0.0657. The lowest BCUT2D eigenvalue weighted by Gasteiger charge is -2.10. The summed E-state index contributed by atoms with van der Waals surface area (Å²) in [6.45, 7) is 0.201. The molecule has 0 aliphatic rings. The molecule has 0 heterocycles. The minimum atomic E-state index is -3.94. The molecule has 0 spiro atoms. The van der Waals surface area contributed by atoms with Gasteiger partial charge in [-0.15, -0.1) is 0 Å². The Bertz CT molecular complexity index is 784. The van der Waals surface area contributed by atoms with Gasteiger partial charge in [0.15, 0.2) is 0 Å². The second-order valence-electron chi connectivity index (χ2n) is 4.19. The van der Waals surface area contributed by atoms with E-state index in [2.05, 4.69) is 20.7 Å². The van der Waals surface area contributed by atoms with Gasteiger partial charge in [-0.1, -0.05) is 33.6 Å². The van der Waals surface area contributed by atoms with E-state index in [1.54, 1.807) is 0 Å². The number of rotatable bonds is 4. The molecule has 0 saturated heterocycles. The lowest BCUT2D eigenvalue weighted by molar-refractivity contribution is 0.598. The number of nitrogens with one attached hydrogen (secondary N) is 1. The average Bonchev–Trinajstić information content (AvgIpc) is 2.42. The van der Waals surface area contributed by atoms with Gasteiger partial charge in [-0.05, 0) is 35.9 Å². The molecule has 2 rings (SSSR count). The fourth-order valence-corrected chi connectivity index (χ4v) is 3.41. The topological polar surface area (TPSA) is 72.2 Å². The first-order valence-corrected chi connectivity index (χ1v) is 8.45. The van der Waals surface area contributed by atoms with Crippen molar-refractivity contribution in [1.82, 2.24) is 0 Å². The highest BCUT2D eigenvalue weighted by molar-refractivity contribution is 9.10. The second-order valence-corrected chi connectivity index (χ2v) is 7.19. The molecular formula is C13H11BrClFN2O2S. The molecule has 0 saturated carbocycles. The number of benzene rings is 2. The Labute approximate surface area is 135 Å². The van der Waals surface area contributed by atoms with Crippen LogP contribution in [-0.4, -0.2) is 8.42 Å². The van der Waals surface area contributed by atoms with Gasteiger partial charge in [0.05, 0.1) is 10.6 Å². The monoisotopic (exact) mass is 392 g/mol. The van der Waals surface area contributed by atoms with Gasteiger partial charge in [0.25, 0.3) is 10.0 Å². The summed E-state index contributed by atoms with van der Waals surface area (Å²) in [6.07, 6.45) is 0. The Kier molecular flexibility index (Phi) is 4.88. The van der Waals surface area contributed by atoms with E-state index in [0.717, 1.165) is 6.07 Å². The normalized spacial score (nSPS) is 11.4. The van der Waals surface area contributed by atoms with Crippen LogP contribution >= 0.6 is 27.5 Å². The first-order chi connectivity index (χ1) is 9.83. The molecule has 2 aromatic rings. The maximum absolute atomic E-state index is 13.6. The number of sulfonamides is 1. The minimum Gasteiger partial charge on any atom is -0.326 e. The molecule has 8 heteroatoms. The summed E-state index contributed by atoms with van der Waals surface area (Å²) < 4.78 is 40.8. The van der Waals surface area contributed by atoms with Crippen LogP contribution < -0.4 is 10.5 Å². The summed E-state index contributed by atoms with van der Waals surface area (Å²) in [5.74, 6) is -0.675. The third-order valence-corrected chi connectivity index (χ3v) is 4.94. The van der Waals surface area contributed by atoms with Crippen LogP contribution in [0.1, 0.15) is 5.56 Å². The molecule has 112 valence electrons. The lowest BCUT2D eigenvalue weighted by Crippen LogP contribution is -2.14. The predicted molar refractivity (Wildman–Crippen MR) is 84.3 cm³/mol. The van der Waals surface area contributed by atoms with Crippen molar-refractivity contribution in [2.24, 2.45) is 5.73 Å². The van der Waals surface area contributed by atoms with Gasteiger partial charge < -0.3 is 5.73 Å². The fourth-order valence-electron chi connectivity index (χ4n) is 1.64. The zero-order chi connectivity index (χ0) is 15.6. The van der Waals surface area contributed by atoms with Crippen molar-refractivity contribution in [2.75, 3.05) is 4.72 Å². The van der Waals surface area contributed by atoms with Crippen molar-refractivity contribution in [3.8, 4) is 0 Å². The van der Waals surface area contributed by atoms with Crippen molar-refractivity contribution in [3.63, 3.8) is 0 Å². The Balaban J connectivity index is 2.38. The third kappa shape index (κ3) is 3.74. The van der Waals surface area contributed by atoms with Gasteiger partial charge in [0, 0.05) is 16.0 Å². The summed E-state index contributed by atoms with van der Waals surface area (Å²) in [5.41, 5.74) is 5.94. The zero-order valence-corrected chi connectivity index (χ0v) is 13.8. The number of nitrogens with two attached hydrogens (primary N) is 1. The third-order valence-electron chi connectivity index (χ3n) is 2.73. The maximum atomic E-state index is 13.6. The van der Waals surface area contributed by atoms with Gasteiger partial charge in [0.2, 0.25) is 0 Å². The van der Waals surface area contributed by atoms with Gasteiger partial charge in [-0.25, -0.2) is 12.8 Å². The van der Waals surface area contributed by atoms with Crippen LogP contribution in [0, 0.1) is 5.82 Å². The summed E-state index contributed by atoms with van der Waals surface area (Å²) in [7, 11) is -3.94. The quantitative estimate of drug-likeness (QED) is 0.835. The molecule has 0 aliphatic heterocycles. The van der Waals surface area contributed by atoms with E-state index in [4.69, 9.17) is 17.3 Å². The van der Waals surface area contributed by atoms with Crippen LogP contribution in [0.4, 0.5) is 10.1 Å². The molecule has 4 nitrogen and oxygen atoms in total. The smallest absolute Gasteiger partial charge is 0.262 e. The van der Waals surface area contributed by atoms with E-state index in [1.807, 2.05) is 0 Å². The molecule has 0 radical (unpaired) electrons. The van der Waals surface area contributed by atoms with Crippen molar-refractivity contribution in [2.45, 2.75) is 11.4 Å². The van der Waals surface area contributed by atoms with Crippen LogP contribution in [0.3, 0.4) is 0 Å². The molecule has 21 heavy (non-hydrogen) atoms. The summed E-state index contributed by atoms with van der Waals surface area (Å²) in [4.78, 5) is -0.0657. The van der Waals surface area contributed by atoms with Crippen molar-refractivity contribution < 1.29 is 12.8 Å². The molecule has 0 unspecified atom stereocenters. The SMILES string of the molecule is NCc1ccc(S(=O)(=O)Nc2cc(Br)ccc2F)cc1Cl. The van der Waals surface area contributed by atoms with Crippen LogP contribution in [0.25, 0.3) is 0 Å². The van der Waals surface area contributed by atoms with E-state index in [1.165, 1.54) is 30.3 Å². The molecule has 0 bridgehead atoms. The van der Waals surface area contributed by atoms with Crippen molar-refractivity contribution in [1.29, 1.82) is 0 Å². The zero-order valence-electron chi connectivity index (χ0n) is 10.6. The van der Waals surface area contributed by atoms with E-state index in [-0.39, 0.29) is 22.2 Å². The lowest BCUT2D eigenvalue weighted by atomic mass is 10.2. The number of hydrogen-bond acceptors (Lipinski definition) is 3. The van der Waals surface area contributed by atoms with E-state index < -0.39 is 15.8 Å². The van der Waals surface area contributed by atoms with E-state index in [9.17, 15) is 12.8 Å². The van der Waals surface area contributed by atoms with Crippen LogP contribution in [0.2, 0.25) is 5.02 Å². The standard InChI is InChI=1S/C13H11BrClFN2O2S/c14-9-2-4-12(16)13(5-9)18-21(19,20)10-3-1-8(7-17)11(15)6-10/h1-6,18H,7,17H2. The van der Waals surface area contributed by atoms with Crippen LogP contribution in [0.5, 0.6) is 0 Å². The molecule has 0 aromatic heterocycles. The average molecular weight is 394 g/mol. The summed E-state index contributed by atoms with van der Waals surface area (Å²) >= 11 is 9.10. The van der Waals surface area contributed by atoms with Crippen molar-refractivity contribution in [3.05, 3.63) is 57.3 Å². The Morgan fingerprint density at radius 1 is 1.24 bits per heavy atom. The van der Waals surface area contributed by atoms with E-state index >= 15 is 0 Å². The van der Waals surface area contributed by atoms with Crippen LogP contribution in [-0.2, 0) is 16.6 Å². The maximum Gasteiger partial charge on any atom is 0.262 e. The molecule has 0 fully saturated rings. The fraction of sp³-hybridized carbons (Fsp3) is 0.0769. The highest BCUT2D eigenvalue weighted by Crippen LogP contribution is 2.25. The van der Waals surface area contributed by atoms with Gasteiger partial charge in [-0.3, -0.25) is 4.72 Å². The number of halogens is 3. The van der Waals surface area contributed by atoms with Crippen molar-refractivity contribution >= 4 is 43.2 Å².